The van der Waals surface area contributed by atoms with Crippen molar-refractivity contribution in [1.29, 1.82) is 0 Å². The average Bonchev–Trinajstić information content (AvgIpc) is 1.27. The SMILES string of the molecule is CC(C)(C)c1cc2c3c(c1)N(c1c(-c4ccccc4-c4ccccc4)cc(-c4ccccc4)cc1-c1ccccc1-c1ccccc1)c1ccc(-c4cccc5c4oc4ccccc45)cc1B3c1cc(-c3cccc4c3oc3ccccc34)ccc1N2c1c(-c2ccccc2-c2ccccc2)cc(-c2ccccc2)cc1-c1ccccc1-c1ccccc1. The van der Waals surface area contributed by atoms with E-state index in [1.807, 2.05) is 0 Å². The zero-order chi connectivity index (χ0) is 81.8. The van der Waals surface area contributed by atoms with Gasteiger partial charge in [-0.1, -0.05) is 397 Å². The van der Waals surface area contributed by atoms with Crippen LogP contribution in [0.15, 0.2) is 446 Å². The van der Waals surface area contributed by atoms with Crippen LogP contribution in [0.3, 0.4) is 0 Å². The minimum atomic E-state index is -0.436. The van der Waals surface area contributed by atoms with Gasteiger partial charge in [0.25, 0.3) is 6.71 Å². The Morgan fingerprint density at radius 3 is 0.805 bits per heavy atom. The number of hydrogen-bond donors (Lipinski definition) is 0. The molecule has 0 aliphatic carbocycles. The first kappa shape index (κ1) is 72.7. The molecule has 5 heteroatoms. The van der Waals surface area contributed by atoms with Gasteiger partial charge < -0.3 is 18.6 Å². The molecule has 0 spiro atoms. The van der Waals surface area contributed by atoms with Crippen molar-refractivity contribution in [2.75, 3.05) is 9.80 Å². The van der Waals surface area contributed by atoms with E-state index in [0.29, 0.717) is 0 Å². The molecule has 123 heavy (non-hydrogen) atoms. The second-order valence-corrected chi connectivity index (χ2v) is 33.6. The number of rotatable bonds is 14. The van der Waals surface area contributed by atoms with Crippen molar-refractivity contribution in [1.82, 2.24) is 0 Å². The van der Waals surface area contributed by atoms with Crippen molar-refractivity contribution >= 4 is 101 Å². The summed E-state index contributed by atoms with van der Waals surface area (Å²) in [4.78, 5) is 5.46. The van der Waals surface area contributed by atoms with E-state index < -0.39 is 12.1 Å². The summed E-state index contributed by atoms with van der Waals surface area (Å²) in [5.74, 6) is 0. The average molecular weight is 1570 g/mol. The Balaban J connectivity index is 0.925. The highest BCUT2D eigenvalue weighted by molar-refractivity contribution is 7.00. The van der Waals surface area contributed by atoms with Crippen molar-refractivity contribution < 1.29 is 8.83 Å². The predicted molar refractivity (Wildman–Crippen MR) is 519 cm³/mol. The van der Waals surface area contributed by atoms with E-state index >= 15 is 0 Å². The van der Waals surface area contributed by atoms with Gasteiger partial charge in [0.05, 0.1) is 11.4 Å². The molecule has 4 heterocycles. The van der Waals surface area contributed by atoms with Crippen LogP contribution in [0, 0.1) is 0 Å². The van der Waals surface area contributed by atoms with Gasteiger partial charge >= 0.3 is 0 Å². The maximum absolute atomic E-state index is 7.15. The van der Waals surface area contributed by atoms with E-state index in [-0.39, 0.29) is 0 Å². The molecule has 0 fully saturated rings. The molecule has 0 saturated heterocycles. The molecule has 0 bridgehead atoms. The number of hydrogen-bond acceptors (Lipinski definition) is 4. The van der Waals surface area contributed by atoms with E-state index in [0.717, 1.165) is 228 Å². The third kappa shape index (κ3) is 12.4. The van der Waals surface area contributed by atoms with E-state index in [1.54, 1.807) is 0 Å². The van der Waals surface area contributed by atoms with Gasteiger partial charge in [-0.25, -0.2) is 0 Å². The van der Waals surface area contributed by atoms with E-state index in [2.05, 4.69) is 467 Å². The molecule has 0 amide bonds. The van der Waals surface area contributed by atoms with Crippen LogP contribution in [-0.2, 0) is 5.41 Å². The fourth-order valence-electron chi connectivity index (χ4n) is 19.7. The Kier molecular flexibility index (Phi) is 17.6. The zero-order valence-electron chi connectivity index (χ0n) is 68.4. The maximum atomic E-state index is 7.15. The molecule has 0 unspecified atom stereocenters. The minimum Gasteiger partial charge on any atom is -0.455 e. The molecular weight excluding hydrogens is 1490 g/mol. The fourth-order valence-corrected chi connectivity index (χ4v) is 19.7. The van der Waals surface area contributed by atoms with Gasteiger partial charge in [0.2, 0.25) is 0 Å². The minimum absolute atomic E-state index is 0.432. The predicted octanol–water partition coefficient (Wildman–Crippen LogP) is 30.9. The van der Waals surface area contributed by atoms with E-state index in [1.165, 1.54) is 5.56 Å². The normalized spacial score (nSPS) is 12.3. The number of fused-ring (bicyclic) bond motifs is 10. The van der Waals surface area contributed by atoms with Gasteiger partial charge in [-0.2, -0.15) is 0 Å². The van der Waals surface area contributed by atoms with Gasteiger partial charge in [0.1, 0.15) is 22.3 Å². The molecule has 2 aliphatic rings. The molecule has 578 valence electrons. The summed E-state index contributed by atoms with van der Waals surface area (Å²) in [6.45, 7) is 6.75. The summed E-state index contributed by atoms with van der Waals surface area (Å²) in [6, 6.07) is 163. The van der Waals surface area contributed by atoms with Crippen LogP contribution < -0.4 is 26.2 Å². The second-order valence-electron chi connectivity index (χ2n) is 33.6. The first-order chi connectivity index (χ1) is 60.7. The van der Waals surface area contributed by atoms with Gasteiger partial charge in [0.15, 0.2) is 0 Å². The van der Waals surface area contributed by atoms with Crippen molar-refractivity contribution in [2.24, 2.45) is 0 Å². The first-order valence-electron chi connectivity index (χ1n) is 42.6. The van der Waals surface area contributed by atoms with Crippen molar-refractivity contribution in [2.45, 2.75) is 26.2 Å². The third-order valence-corrected chi connectivity index (χ3v) is 25.5. The van der Waals surface area contributed by atoms with Crippen LogP contribution in [0.5, 0.6) is 0 Å². The summed E-state index contributed by atoms with van der Waals surface area (Å²) in [6.07, 6.45) is 0. The zero-order valence-corrected chi connectivity index (χ0v) is 68.4. The van der Waals surface area contributed by atoms with E-state index in [9.17, 15) is 0 Å². The quantitative estimate of drug-likeness (QED) is 0.102. The summed E-state index contributed by atoms with van der Waals surface area (Å²) >= 11 is 0. The Hall–Kier alpha value is -15.6. The molecule has 4 nitrogen and oxygen atoms in total. The molecule has 2 aromatic heterocycles. The number of nitrogens with zero attached hydrogens (tertiary/aromatic N) is 2. The lowest BCUT2D eigenvalue weighted by Gasteiger charge is -2.47. The van der Waals surface area contributed by atoms with Crippen LogP contribution in [-0.4, -0.2) is 6.71 Å². The van der Waals surface area contributed by atoms with Crippen LogP contribution in [0.1, 0.15) is 26.3 Å². The molecule has 2 aliphatic heterocycles. The Morgan fingerprint density at radius 2 is 0.480 bits per heavy atom. The topological polar surface area (TPSA) is 32.8 Å². The van der Waals surface area contributed by atoms with Gasteiger partial charge in [-0.3, -0.25) is 0 Å². The van der Waals surface area contributed by atoms with E-state index in [4.69, 9.17) is 8.83 Å². The molecule has 21 aromatic rings. The highest BCUT2D eigenvalue weighted by Gasteiger charge is 2.47. The van der Waals surface area contributed by atoms with Crippen LogP contribution in [0.2, 0.25) is 0 Å². The van der Waals surface area contributed by atoms with Crippen molar-refractivity contribution in [3.05, 3.63) is 442 Å². The number of para-hydroxylation sites is 4. The van der Waals surface area contributed by atoms with Crippen molar-refractivity contribution in [3.8, 4) is 134 Å². The standard InChI is InChI=1S/C118H81BN2O2/c1-118(2,3)86-74-109-113-110(75-86)121(115-103(95-54-28-24-50-89(95)80-44-18-8-19-45-80)70-85(77-38-12-5-13-39-77)71-104(115)96-55-29-25-51-90(96)81-46-20-9-21-47-81)108-67-65-83(92-59-35-61-100-98-57-31-33-63-112(98)123-117(92)100)73-106(108)119(113)105-72-82(91-58-34-60-99-97-56-30-32-62-111(97)122-116(91)99)64-66-107(105)120(109)114-101(93-52-26-22-48-87(93)78-40-14-6-15-41-78)68-84(76-36-10-4-11-37-76)69-102(114)94-53-27-23-49-88(94)79-42-16-7-17-43-79/h4-75H,1-3H3. The molecule has 23 rings (SSSR count). The lowest BCUT2D eigenvalue weighted by Crippen LogP contribution is -2.61. The molecular formula is C118H81BN2O2. The summed E-state index contributed by atoms with van der Waals surface area (Å²) < 4.78 is 14.3. The molecule has 0 saturated carbocycles. The number of anilines is 6. The summed E-state index contributed by atoms with van der Waals surface area (Å²) in [5.41, 5.74) is 40.2. The Labute approximate surface area is 716 Å². The largest absolute Gasteiger partial charge is 0.455 e. The Morgan fingerprint density at radius 1 is 0.203 bits per heavy atom. The molecule has 19 aromatic carbocycles. The van der Waals surface area contributed by atoms with Gasteiger partial charge in [0, 0.05) is 77.7 Å². The second kappa shape index (κ2) is 29.8. The smallest absolute Gasteiger partial charge is 0.252 e. The molecule has 0 N–H and O–H groups in total. The van der Waals surface area contributed by atoms with Crippen LogP contribution in [0.4, 0.5) is 34.1 Å². The van der Waals surface area contributed by atoms with Gasteiger partial charge in [-0.15, -0.1) is 0 Å². The monoisotopic (exact) mass is 1570 g/mol. The fraction of sp³-hybridized carbons (Fsp3) is 0.0339. The summed E-state index contributed by atoms with van der Waals surface area (Å²) in [7, 11) is 0. The highest BCUT2D eigenvalue weighted by Crippen LogP contribution is 2.58. The van der Waals surface area contributed by atoms with Crippen LogP contribution >= 0.6 is 0 Å². The third-order valence-electron chi connectivity index (χ3n) is 25.5. The maximum Gasteiger partial charge on any atom is 0.252 e. The molecule has 0 radical (unpaired) electrons. The number of benzene rings is 19. The van der Waals surface area contributed by atoms with Gasteiger partial charge in [-0.05, 0) is 188 Å². The summed E-state index contributed by atoms with van der Waals surface area (Å²) in [5, 5.41) is 4.31. The Bertz CT molecular complexity index is 7060. The molecule has 0 atom stereocenters. The first-order valence-corrected chi connectivity index (χ1v) is 42.6. The van der Waals surface area contributed by atoms with Crippen molar-refractivity contribution in [3.63, 3.8) is 0 Å². The number of furan rings is 2. The lowest BCUT2D eigenvalue weighted by molar-refractivity contribution is 0.590. The lowest BCUT2D eigenvalue weighted by atomic mass is 9.33. The van der Waals surface area contributed by atoms with Crippen LogP contribution in [0.25, 0.3) is 177 Å². The highest BCUT2D eigenvalue weighted by atomic mass is 16.3.